The lowest BCUT2D eigenvalue weighted by Crippen LogP contribution is -2.02. The minimum Gasteiger partial charge on any atom is -0.288 e. The van der Waals surface area contributed by atoms with Crippen molar-refractivity contribution < 1.29 is 4.79 Å². The number of aryl methyl sites for hydroxylation is 1. The first-order valence-electron chi connectivity index (χ1n) is 5.21. The van der Waals surface area contributed by atoms with Crippen molar-refractivity contribution in [3.8, 4) is 0 Å². The molecule has 0 atom stereocenters. The van der Waals surface area contributed by atoms with Crippen molar-refractivity contribution >= 4 is 44.7 Å². The van der Waals surface area contributed by atoms with Crippen LogP contribution in [0.3, 0.4) is 0 Å². The Labute approximate surface area is 118 Å². The molecule has 1 aromatic heterocycles. The fraction of sp³-hybridized carbons (Fsp3) is 0.154. The SMILES string of the molecule is CCc1ccccc1C(=O)c1cc(Br)c(Cl)s1. The average molecular weight is 330 g/mol. The van der Waals surface area contributed by atoms with Gasteiger partial charge in [0.25, 0.3) is 0 Å². The van der Waals surface area contributed by atoms with Crippen molar-refractivity contribution in [3.05, 3.63) is 55.1 Å². The van der Waals surface area contributed by atoms with E-state index in [9.17, 15) is 4.79 Å². The molecule has 0 aliphatic heterocycles. The normalized spacial score (nSPS) is 10.5. The van der Waals surface area contributed by atoms with Gasteiger partial charge in [0.15, 0.2) is 0 Å². The van der Waals surface area contributed by atoms with Crippen LogP contribution in [0.1, 0.15) is 27.7 Å². The van der Waals surface area contributed by atoms with Crippen LogP contribution in [0.5, 0.6) is 0 Å². The van der Waals surface area contributed by atoms with Crippen LogP contribution < -0.4 is 0 Å². The highest BCUT2D eigenvalue weighted by Gasteiger charge is 2.16. The third kappa shape index (κ3) is 2.62. The van der Waals surface area contributed by atoms with Crippen LogP contribution in [-0.2, 0) is 6.42 Å². The fourth-order valence-corrected chi connectivity index (χ4v) is 3.30. The smallest absolute Gasteiger partial charge is 0.203 e. The largest absolute Gasteiger partial charge is 0.288 e. The van der Waals surface area contributed by atoms with Crippen molar-refractivity contribution in [2.75, 3.05) is 0 Å². The van der Waals surface area contributed by atoms with Crippen molar-refractivity contribution in [1.82, 2.24) is 0 Å². The van der Waals surface area contributed by atoms with E-state index in [4.69, 9.17) is 11.6 Å². The van der Waals surface area contributed by atoms with Gasteiger partial charge in [-0.1, -0.05) is 42.8 Å². The number of hydrogen-bond donors (Lipinski definition) is 0. The molecule has 1 nitrogen and oxygen atoms in total. The summed E-state index contributed by atoms with van der Waals surface area (Å²) in [6.07, 6.45) is 0.849. The maximum Gasteiger partial charge on any atom is 0.203 e. The Balaban J connectivity index is 2.43. The molecule has 0 aliphatic rings. The first-order chi connectivity index (χ1) is 8.13. The van der Waals surface area contributed by atoms with E-state index in [1.165, 1.54) is 11.3 Å². The summed E-state index contributed by atoms with van der Waals surface area (Å²) in [7, 11) is 0. The summed E-state index contributed by atoms with van der Waals surface area (Å²) in [5.41, 5.74) is 1.83. The molecule has 88 valence electrons. The third-order valence-electron chi connectivity index (χ3n) is 2.51. The molecule has 4 heteroatoms. The lowest BCUT2D eigenvalue weighted by molar-refractivity contribution is 0.104. The second kappa shape index (κ2) is 5.34. The second-order valence-electron chi connectivity index (χ2n) is 3.57. The van der Waals surface area contributed by atoms with Crippen molar-refractivity contribution in [3.63, 3.8) is 0 Å². The van der Waals surface area contributed by atoms with Crippen LogP contribution >= 0.6 is 38.9 Å². The number of ketones is 1. The molecule has 0 radical (unpaired) electrons. The molecule has 0 unspecified atom stereocenters. The second-order valence-corrected chi connectivity index (χ2v) is 6.08. The van der Waals surface area contributed by atoms with Gasteiger partial charge in [0.2, 0.25) is 5.78 Å². The van der Waals surface area contributed by atoms with Gasteiger partial charge >= 0.3 is 0 Å². The monoisotopic (exact) mass is 328 g/mol. The molecule has 0 spiro atoms. The Hall–Kier alpha value is -0.640. The summed E-state index contributed by atoms with van der Waals surface area (Å²) < 4.78 is 1.39. The number of thiophene rings is 1. The van der Waals surface area contributed by atoms with E-state index >= 15 is 0 Å². The predicted octanol–water partition coefficient (Wildman–Crippen LogP) is 4.96. The Morgan fingerprint density at radius 2 is 2.12 bits per heavy atom. The van der Waals surface area contributed by atoms with E-state index < -0.39 is 0 Å². The van der Waals surface area contributed by atoms with Gasteiger partial charge in [0, 0.05) is 10.0 Å². The van der Waals surface area contributed by atoms with Crippen LogP contribution in [0.25, 0.3) is 0 Å². The van der Waals surface area contributed by atoms with E-state index in [2.05, 4.69) is 15.9 Å². The number of hydrogen-bond acceptors (Lipinski definition) is 2. The molecule has 0 aliphatic carbocycles. The maximum absolute atomic E-state index is 12.3. The summed E-state index contributed by atoms with van der Waals surface area (Å²) in [5.74, 6) is 0.0417. The van der Waals surface area contributed by atoms with Gasteiger partial charge in [-0.2, -0.15) is 0 Å². The minimum atomic E-state index is 0.0417. The highest BCUT2D eigenvalue weighted by Crippen LogP contribution is 2.33. The van der Waals surface area contributed by atoms with Gasteiger partial charge in [-0.3, -0.25) is 4.79 Å². The number of carbonyl (C=O) groups is 1. The molecular weight excluding hydrogens is 320 g/mol. The lowest BCUT2D eigenvalue weighted by atomic mass is 10.0. The van der Waals surface area contributed by atoms with Gasteiger partial charge in [0.05, 0.1) is 4.88 Å². The zero-order chi connectivity index (χ0) is 12.4. The molecule has 0 bridgehead atoms. The molecule has 17 heavy (non-hydrogen) atoms. The Kier molecular flexibility index (Phi) is 4.02. The van der Waals surface area contributed by atoms with E-state index in [1.54, 1.807) is 6.07 Å². The third-order valence-corrected chi connectivity index (χ3v) is 4.99. The van der Waals surface area contributed by atoms with Gasteiger partial charge in [-0.15, -0.1) is 11.3 Å². The molecule has 1 aromatic carbocycles. The quantitative estimate of drug-likeness (QED) is 0.728. The van der Waals surface area contributed by atoms with Gasteiger partial charge in [-0.25, -0.2) is 0 Å². The number of benzene rings is 1. The van der Waals surface area contributed by atoms with Gasteiger partial charge < -0.3 is 0 Å². The highest BCUT2D eigenvalue weighted by atomic mass is 79.9. The van der Waals surface area contributed by atoms with Crippen LogP contribution in [0, 0.1) is 0 Å². The van der Waals surface area contributed by atoms with E-state index in [-0.39, 0.29) is 5.78 Å². The van der Waals surface area contributed by atoms with Crippen LogP contribution in [-0.4, -0.2) is 5.78 Å². The van der Waals surface area contributed by atoms with Crippen molar-refractivity contribution in [2.45, 2.75) is 13.3 Å². The Bertz CT molecular complexity index is 543. The fourth-order valence-electron chi connectivity index (χ4n) is 1.64. The van der Waals surface area contributed by atoms with Crippen LogP contribution in [0.4, 0.5) is 0 Å². The molecule has 0 saturated carbocycles. The average Bonchev–Trinajstić information content (AvgIpc) is 2.68. The molecule has 0 fully saturated rings. The Morgan fingerprint density at radius 1 is 1.41 bits per heavy atom. The topological polar surface area (TPSA) is 17.1 Å². The van der Waals surface area contributed by atoms with Crippen LogP contribution in [0.2, 0.25) is 4.34 Å². The van der Waals surface area contributed by atoms with Crippen molar-refractivity contribution in [1.29, 1.82) is 0 Å². The van der Waals surface area contributed by atoms with E-state index in [0.29, 0.717) is 9.21 Å². The molecule has 0 amide bonds. The lowest BCUT2D eigenvalue weighted by Gasteiger charge is -2.04. The predicted molar refractivity (Wildman–Crippen MR) is 76.3 cm³/mol. The Morgan fingerprint density at radius 3 is 2.71 bits per heavy atom. The molecular formula is C13H10BrClOS. The minimum absolute atomic E-state index is 0.0417. The molecule has 2 rings (SSSR count). The maximum atomic E-state index is 12.3. The van der Waals surface area contributed by atoms with Crippen LogP contribution in [0.15, 0.2) is 34.8 Å². The summed E-state index contributed by atoms with van der Waals surface area (Å²) in [6.45, 7) is 2.05. The van der Waals surface area contributed by atoms with E-state index in [1.807, 2.05) is 31.2 Å². The van der Waals surface area contributed by atoms with Crippen molar-refractivity contribution in [2.24, 2.45) is 0 Å². The zero-order valence-corrected chi connectivity index (χ0v) is 12.3. The van der Waals surface area contributed by atoms with Gasteiger partial charge in [0.1, 0.15) is 4.34 Å². The van der Waals surface area contributed by atoms with E-state index in [0.717, 1.165) is 22.0 Å². The number of rotatable bonds is 3. The highest BCUT2D eigenvalue weighted by molar-refractivity contribution is 9.10. The zero-order valence-electron chi connectivity index (χ0n) is 9.17. The standard InChI is InChI=1S/C13H10BrClOS/c1-2-8-5-3-4-6-9(8)12(16)11-7-10(14)13(15)17-11/h3-7H,2H2,1H3. The molecule has 0 saturated heterocycles. The summed E-state index contributed by atoms with van der Waals surface area (Å²) in [6, 6.07) is 9.46. The summed E-state index contributed by atoms with van der Waals surface area (Å²) in [5, 5.41) is 0. The molecule has 1 heterocycles. The number of halogens is 2. The first-order valence-corrected chi connectivity index (χ1v) is 7.19. The van der Waals surface area contributed by atoms with Gasteiger partial charge in [-0.05, 0) is 34.0 Å². The molecule has 2 aromatic rings. The molecule has 0 N–H and O–H groups in total. The first kappa shape index (κ1) is 12.8. The summed E-state index contributed by atoms with van der Waals surface area (Å²) in [4.78, 5) is 13.0. The summed E-state index contributed by atoms with van der Waals surface area (Å²) >= 11 is 10.6. The number of carbonyl (C=O) groups excluding carboxylic acids is 1.